The predicted octanol–water partition coefficient (Wildman–Crippen LogP) is 3.86. The van der Waals surface area contributed by atoms with Crippen LogP contribution in [0.15, 0.2) is 53.8 Å². The quantitative estimate of drug-likeness (QED) is 0.119. The van der Waals surface area contributed by atoms with Crippen molar-refractivity contribution in [1.29, 1.82) is 5.26 Å². The SMILES string of the molecule is CC(CCCCCN=C(NC#N)Nc1cccnc1)Oc1cccc([N+](=O)[O-])c1. The van der Waals surface area contributed by atoms with E-state index >= 15 is 0 Å². The average Bonchev–Trinajstić information content (AvgIpc) is 2.71. The van der Waals surface area contributed by atoms with Crippen LogP contribution in [-0.4, -0.2) is 28.5 Å². The molecule has 2 aromatic rings. The fourth-order valence-electron chi connectivity index (χ4n) is 2.61. The third kappa shape index (κ3) is 8.26. The molecule has 1 atom stereocenters. The van der Waals surface area contributed by atoms with Crippen LogP contribution in [0, 0.1) is 21.6 Å². The number of nitro benzene ring substituents is 1. The summed E-state index contributed by atoms with van der Waals surface area (Å²) in [5.41, 5.74) is 0.773. The molecule has 1 aromatic heterocycles. The molecular formula is C20H24N6O3. The van der Waals surface area contributed by atoms with Gasteiger partial charge in [0.05, 0.1) is 29.0 Å². The Hall–Kier alpha value is -3.67. The van der Waals surface area contributed by atoms with Gasteiger partial charge in [0.25, 0.3) is 5.69 Å². The lowest BCUT2D eigenvalue weighted by molar-refractivity contribution is -0.384. The van der Waals surface area contributed by atoms with Gasteiger partial charge in [0.2, 0.25) is 5.96 Å². The lowest BCUT2D eigenvalue weighted by Crippen LogP contribution is -2.27. The second-order valence-corrected chi connectivity index (χ2v) is 6.37. The first-order valence-electron chi connectivity index (χ1n) is 9.36. The molecule has 0 saturated heterocycles. The molecule has 1 heterocycles. The number of rotatable bonds is 10. The Morgan fingerprint density at radius 1 is 1.34 bits per heavy atom. The van der Waals surface area contributed by atoms with Crippen LogP contribution in [0.5, 0.6) is 5.75 Å². The first kappa shape index (κ1) is 21.6. The number of pyridine rings is 1. The zero-order valence-corrected chi connectivity index (χ0v) is 16.2. The van der Waals surface area contributed by atoms with Crippen LogP contribution in [0.3, 0.4) is 0 Å². The van der Waals surface area contributed by atoms with Crippen molar-refractivity contribution in [2.24, 2.45) is 4.99 Å². The van der Waals surface area contributed by atoms with Crippen molar-refractivity contribution in [1.82, 2.24) is 10.3 Å². The van der Waals surface area contributed by atoms with E-state index in [9.17, 15) is 10.1 Å². The number of nitriles is 1. The maximum absolute atomic E-state index is 10.8. The zero-order valence-electron chi connectivity index (χ0n) is 16.2. The summed E-state index contributed by atoms with van der Waals surface area (Å²) in [6.07, 6.45) is 8.76. The van der Waals surface area contributed by atoms with Crippen molar-refractivity contribution in [3.8, 4) is 11.9 Å². The Balaban J connectivity index is 1.68. The number of aromatic nitrogens is 1. The van der Waals surface area contributed by atoms with E-state index in [1.165, 1.54) is 12.1 Å². The van der Waals surface area contributed by atoms with Crippen LogP contribution < -0.4 is 15.4 Å². The molecule has 0 spiro atoms. The highest BCUT2D eigenvalue weighted by Crippen LogP contribution is 2.21. The lowest BCUT2D eigenvalue weighted by Gasteiger charge is -2.14. The molecule has 0 saturated carbocycles. The van der Waals surface area contributed by atoms with E-state index < -0.39 is 4.92 Å². The number of ether oxygens (including phenoxy) is 1. The number of hydrogen-bond donors (Lipinski definition) is 2. The molecule has 2 N–H and O–H groups in total. The van der Waals surface area contributed by atoms with Crippen molar-refractivity contribution in [2.75, 3.05) is 11.9 Å². The fraction of sp³-hybridized carbons (Fsp3) is 0.350. The number of nitrogens with one attached hydrogen (secondary N) is 2. The Kier molecular flexibility index (Phi) is 8.89. The number of nitro groups is 1. The summed E-state index contributed by atoms with van der Waals surface area (Å²) >= 11 is 0. The van der Waals surface area contributed by atoms with Crippen molar-refractivity contribution >= 4 is 17.3 Å². The summed E-state index contributed by atoms with van der Waals surface area (Å²) in [4.78, 5) is 18.8. The number of aliphatic imine (C=N–C) groups is 1. The smallest absolute Gasteiger partial charge is 0.273 e. The Morgan fingerprint density at radius 3 is 2.93 bits per heavy atom. The lowest BCUT2D eigenvalue weighted by atomic mass is 10.1. The predicted molar refractivity (Wildman–Crippen MR) is 111 cm³/mol. The van der Waals surface area contributed by atoms with E-state index in [0.29, 0.717) is 18.3 Å². The summed E-state index contributed by atoms with van der Waals surface area (Å²) in [6, 6.07) is 9.84. The van der Waals surface area contributed by atoms with Gasteiger partial charge < -0.3 is 10.1 Å². The summed E-state index contributed by atoms with van der Waals surface area (Å²) in [7, 11) is 0. The first-order chi connectivity index (χ1) is 14.1. The summed E-state index contributed by atoms with van der Waals surface area (Å²) in [5.74, 6) is 0.896. The maximum Gasteiger partial charge on any atom is 0.273 e. The average molecular weight is 396 g/mol. The summed E-state index contributed by atoms with van der Waals surface area (Å²) in [5, 5.41) is 25.2. The molecule has 0 fully saturated rings. The van der Waals surface area contributed by atoms with Crippen LogP contribution in [0.25, 0.3) is 0 Å². The van der Waals surface area contributed by atoms with Gasteiger partial charge in [-0.05, 0) is 44.4 Å². The monoisotopic (exact) mass is 396 g/mol. The number of nitrogens with zero attached hydrogens (tertiary/aromatic N) is 4. The highest BCUT2D eigenvalue weighted by molar-refractivity contribution is 5.94. The third-order valence-electron chi connectivity index (χ3n) is 4.00. The molecule has 0 aliphatic heterocycles. The minimum Gasteiger partial charge on any atom is -0.490 e. The largest absolute Gasteiger partial charge is 0.490 e. The number of anilines is 1. The van der Waals surface area contributed by atoms with Crippen LogP contribution >= 0.6 is 0 Å². The van der Waals surface area contributed by atoms with E-state index in [4.69, 9.17) is 10.00 Å². The van der Waals surface area contributed by atoms with E-state index in [0.717, 1.165) is 31.4 Å². The molecule has 0 aliphatic carbocycles. The van der Waals surface area contributed by atoms with Crippen molar-refractivity contribution in [3.05, 3.63) is 58.9 Å². The van der Waals surface area contributed by atoms with Gasteiger partial charge in [0.1, 0.15) is 5.75 Å². The van der Waals surface area contributed by atoms with Gasteiger partial charge in [0, 0.05) is 18.8 Å². The number of hydrogen-bond acceptors (Lipinski definition) is 6. The minimum absolute atomic E-state index is 0.0224. The molecule has 1 aromatic carbocycles. The maximum atomic E-state index is 10.8. The van der Waals surface area contributed by atoms with Gasteiger partial charge in [-0.25, -0.2) is 0 Å². The Morgan fingerprint density at radius 2 is 2.21 bits per heavy atom. The molecule has 29 heavy (non-hydrogen) atoms. The van der Waals surface area contributed by atoms with Crippen LogP contribution in [0.4, 0.5) is 11.4 Å². The molecular weight excluding hydrogens is 372 g/mol. The molecule has 0 amide bonds. The second kappa shape index (κ2) is 11.9. The van der Waals surface area contributed by atoms with E-state index in [2.05, 4.69) is 20.6 Å². The van der Waals surface area contributed by atoms with Crippen LogP contribution in [0.1, 0.15) is 32.6 Å². The molecule has 152 valence electrons. The van der Waals surface area contributed by atoms with Gasteiger partial charge in [-0.3, -0.25) is 25.4 Å². The Bertz CT molecular complexity index is 851. The van der Waals surface area contributed by atoms with Crippen LogP contribution in [0.2, 0.25) is 0 Å². The third-order valence-corrected chi connectivity index (χ3v) is 4.00. The van der Waals surface area contributed by atoms with Gasteiger partial charge in [-0.15, -0.1) is 0 Å². The van der Waals surface area contributed by atoms with E-state index in [1.54, 1.807) is 30.6 Å². The van der Waals surface area contributed by atoms with Gasteiger partial charge in [-0.2, -0.15) is 5.26 Å². The minimum atomic E-state index is -0.434. The first-order valence-corrected chi connectivity index (χ1v) is 9.36. The standard InChI is InChI=1S/C20H24N6O3/c1-16(29-19-10-5-9-18(13-19)26(27)28)7-3-2-4-12-23-20(24-15-21)25-17-8-6-11-22-14-17/h5-6,8-11,13-14,16H,2-4,7,12H2,1H3,(H2,23,24,25). The topological polar surface area (TPSA) is 125 Å². The fourth-order valence-corrected chi connectivity index (χ4v) is 2.61. The normalized spacial score (nSPS) is 11.9. The van der Waals surface area contributed by atoms with Crippen LogP contribution in [-0.2, 0) is 0 Å². The Labute approximate surface area is 169 Å². The number of unbranched alkanes of at least 4 members (excludes halogenated alkanes) is 2. The molecule has 2 rings (SSSR count). The summed E-state index contributed by atoms with van der Waals surface area (Å²) < 4.78 is 5.75. The van der Waals surface area contributed by atoms with E-state index in [1.807, 2.05) is 19.2 Å². The molecule has 0 bridgehead atoms. The number of non-ortho nitro benzene ring substituents is 1. The van der Waals surface area contributed by atoms with Gasteiger partial charge >= 0.3 is 0 Å². The van der Waals surface area contributed by atoms with Crippen molar-refractivity contribution in [3.63, 3.8) is 0 Å². The van der Waals surface area contributed by atoms with Crippen molar-refractivity contribution < 1.29 is 9.66 Å². The number of guanidine groups is 1. The zero-order chi connectivity index (χ0) is 20.9. The molecule has 9 nitrogen and oxygen atoms in total. The summed E-state index contributed by atoms with van der Waals surface area (Å²) in [6.45, 7) is 2.53. The number of benzene rings is 1. The highest BCUT2D eigenvalue weighted by Gasteiger charge is 2.09. The van der Waals surface area contributed by atoms with Gasteiger partial charge in [0.15, 0.2) is 6.19 Å². The molecule has 0 radical (unpaired) electrons. The highest BCUT2D eigenvalue weighted by atomic mass is 16.6. The molecule has 9 heteroatoms. The van der Waals surface area contributed by atoms with Crippen molar-refractivity contribution in [2.45, 2.75) is 38.7 Å². The molecule has 1 unspecified atom stereocenters. The van der Waals surface area contributed by atoms with Gasteiger partial charge in [-0.1, -0.05) is 12.5 Å². The van der Waals surface area contributed by atoms with E-state index in [-0.39, 0.29) is 11.8 Å². The second-order valence-electron chi connectivity index (χ2n) is 6.37. The molecule has 0 aliphatic rings.